The van der Waals surface area contributed by atoms with Crippen LogP contribution in [0.2, 0.25) is 0 Å². The van der Waals surface area contributed by atoms with Crippen LogP contribution >= 0.6 is 0 Å². The third-order valence-electron chi connectivity index (χ3n) is 7.78. The first kappa shape index (κ1) is 37.1. The number of carbonyl (C=O) groups excluding carboxylic acids is 1. The van der Waals surface area contributed by atoms with Crippen LogP contribution in [0.3, 0.4) is 0 Å². The van der Waals surface area contributed by atoms with Gasteiger partial charge in [0.1, 0.15) is 0 Å². The van der Waals surface area contributed by atoms with Gasteiger partial charge in [0.25, 0.3) is 0 Å². The molecule has 0 fully saturated rings. The number of aliphatic carboxylic acids is 3. The molecule has 228 valence electrons. The first-order valence-electron chi connectivity index (χ1n) is 15.9. The molecule has 0 aromatic carbocycles. The Bertz CT molecular complexity index is 603. The molecule has 0 saturated heterocycles. The van der Waals surface area contributed by atoms with Crippen LogP contribution in [-0.2, 0) is 14.4 Å². The molecule has 0 heterocycles. The Morgan fingerprint density at radius 3 is 1.28 bits per heavy atom. The monoisotopic (exact) mass is 553 g/mol. The van der Waals surface area contributed by atoms with Crippen LogP contribution in [0.1, 0.15) is 148 Å². The van der Waals surface area contributed by atoms with E-state index in [2.05, 4.69) is 19.1 Å². The van der Waals surface area contributed by atoms with Crippen molar-refractivity contribution in [3.05, 3.63) is 12.2 Å². The van der Waals surface area contributed by atoms with Gasteiger partial charge < -0.3 is 24.6 Å². The van der Waals surface area contributed by atoms with Crippen molar-refractivity contribution in [3.8, 4) is 0 Å². The second-order valence-corrected chi connectivity index (χ2v) is 11.4. The lowest BCUT2D eigenvalue weighted by atomic mass is 10.0. The molecule has 2 N–H and O–H groups in total. The van der Waals surface area contributed by atoms with Crippen LogP contribution in [0.25, 0.3) is 0 Å². The fourth-order valence-corrected chi connectivity index (χ4v) is 5.24. The van der Waals surface area contributed by atoms with Crippen LogP contribution in [0.5, 0.6) is 0 Å². The molecule has 0 radical (unpaired) electrons. The van der Waals surface area contributed by atoms with Crippen molar-refractivity contribution in [2.75, 3.05) is 26.2 Å². The number of allylic oxidation sites excluding steroid dienone is 2. The van der Waals surface area contributed by atoms with Gasteiger partial charge in [0.2, 0.25) is 0 Å². The molecule has 0 atom stereocenters. The van der Waals surface area contributed by atoms with Crippen molar-refractivity contribution in [1.82, 2.24) is 0 Å². The van der Waals surface area contributed by atoms with E-state index in [1.165, 1.54) is 103 Å². The summed E-state index contributed by atoms with van der Waals surface area (Å²) in [7, 11) is 0. The minimum atomic E-state index is -1.18. The van der Waals surface area contributed by atoms with Crippen molar-refractivity contribution in [2.24, 2.45) is 0 Å². The van der Waals surface area contributed by atoms with Crippen molar-refractivity contribution >= 4 is 17.9 Å². The fourth-order valence-electron chi connectivity index (χ4n) is 5.24. The Hall–Kier alpha value is -1.89. The molecule has 0 aromatic rings. The number of carboxylic acids is 3. The van der Waals surface area contributed by atoms with Gasteiger partial charge in [-0.3, -0.25) is 9.59 Å². The van der Waals surface area contributed by atoms with Crippen LogP contribution in [0.4, 0.5) is 0 Å². The first-order chi connectivity index (χ1) is 18.8. The zero-order valence-electron chi connectivity index (χ0n) is 25.0. The highest BCUT2D eigenvalue weighted by Gasteiger charge is 2.28. The van der Waals surface area contributed by atoms with E-state index in [4.69, 9.17) is 10.2 Å². The average Bonchev–Trinajstić information content (AvgIpc) is 2.90. The predicted molar refractivity (Wildman–Crippen MR) is 156 cm³/mol. The van der Waals surface area contributed by atoms with E-state index in [0.29, 0.717) is 6.54 Å². The maximum atomic E-state index is 11.1. The third kappa shape index (κ3) is 26.1. The zero-order chi connectivity index (χ0) is 29.0. The lowest BCUT2D eigenvalue weighted by molar-refractivity contribution is -0.927. The number of rotatable bonds is 30. The van der Waals surface area contributed by atoms with Gasteiger partial charge in [-0.1, -0.05) is 103 Å². The summed E-state index contributed by atoms with van der Waals surface area (Å²) in [5.41, 5.74) is 0. The fraction of sp³-hybridized carbons (Fsp3) is 0.844. The quantitative estimate of drug-likeness (QED) is 0.0569. The molecule has 0 bridgehead atoms. The smallest absolute Gasteiger partial charge is 0.309 e. The Morgan fingerprint density at radius 2 is 0.897 bits per heavy atom. The van der Waals surface area contributed by atoms with E-state index < -0.39 is 17.9 Å². The minimum Gasteiger partial charge on any atom is -0.550 e. The van der Waals surface area contributed by atoms with E-state index >= 15 is 0 Å². The Morgan fingerprint density at radius 1 is 0.538 bits per heavy atom. The lowest BCUT2D eigenvalue weighted by Gasteiger charge is -2.38. The Labute approximate surface area is 238 Å². The van der Waals surface area contributed by atoms with Crippen molar-refractivity contribution in [2.45, 2.75) is 148 Å². The maximum Gasteiger partial charge on any atom is 0.309 e. The lowest BCUT2D eigenvalue weighted by Crippen LogP contribution is -2.53. The van der Waals surface area contributed by atoms with E-state index in [0.717, 1.165) is 19.3 Å². The highest BCUT2D eigenvalue weighted by atomic mass is 16.4. The molecule has 0 amide bonds. The van der Waals surface area contributed by atoms with Gasteiger partial charge >= 0.3 is 11.9 Å². The molecule has 0 unspecified atom stereocenters. The minimum absolute atomic E-state index is 0.0943. The second-order valence-electron chi connectivity index (χ2n) is 11.4. The number of nitrogens with zero attached hydrogens (tertiary/aromatic N) is 1. The van der Waals surface area contributed by atoms with Crippen molar-refractivity contribution in [1.29, 1.82) is 0 Å². The molecule has 0 aliphatic carbocycles. The zero-order valence-corrected chi connectivity index (χ0v) is 25.0. The SMILES string of the molecule is CCCCCCC/C=C/CCCCCCCCCCCCCC[N+](CCC(=O)[O-])(CCC(=O)O)CCC(=O)O. The molecule has 7 heteroatoms. The summed E-state index contributed by atoms with van der Waals surface area (Å²) in [6.45, 7) is 3.60. The third-order valence-corrected chi connectivity index (χ3v) is 7.78. The molecule has 0 aliphatic rings. The normalized spacial score (nSPS) is 11.8. The van der Waals surface area contributed by atoms with Crippen molar-refractivity contribution < 1.29 is 34.2 Å². The Balaban J connectivity index is 3.86. The van der Waals surface area contributed by atoms with Gasteiger partial charge in [-0.15, -0.1) is 0 Å². The first-order valence-corrected chi connectivity index (χ1v) is 15.9. The van der Waals surface area contributed by atoms with Crippen LogP contribution in [0.15, 0.2) is 12.2 Å². The van der Waals surface area contributed by atoms with Gasteiger partial charge in [0, 0.05) is 12.4 Å². The number of unbranched alkanes of at least 4 members (excludes halogenated alkanes) is 17. The maximum absolute atomic E-state index is 11.1. The van der Waals surface area contributed by atoms with E-state index in [1.807, 2.05) is 0 Å². The van der Waals surface area contributed by atoms with E-state index in [-0.39, 0.29) is 43.4 Å². The molecule has 0 spiro atoms. The van der Waals surface area contributed by atoms with Crippen LogP contribution in [0, 0.1) is 0 Å². The van der Waals surface area contributed by atoms with E-state index in [1.54, 1.807) is 0 Å². The molecule has 0 aliphatic heterocycles. The summed E-state index contributed by atoms with van der Waals surface area (Å²) in [5, 5.41) is 29.3. The summed E-state index contributed by atoms with van der Waals surface area (Å²) in [5.74, 6) is -3.08. The van der Waals surface area contributed by atoms with Gasteiger partial charge in [-0.2, -0.15) is 0 Å². The molecular formula is C32H59NO6. The number of hydrogen-bond donors (Lipinski definition) is 2. The van der Waals surface area contributed by atoms with Gasteiger partial charge in [-0.25, -0.2) is 0 Å². The molecule has 0 rings (SSSR count). The molecule has 7 nitrogen and oxygen atoms in total. The number of hydrogen-bond acceptors (Lipinski definition) is 4. The standard InChI is InChI=1S/C32H59NO6/c1-2-3-4-5-6-7-8-9-10-11-12-13-14-15-16-17-18-19-20-21-22-26-33(27-23-30(34)35,28-24-31(36)37)29-25-32(38)39/h8-9H,2-7,10-29H2,1H3,(H2-,34,35,36,37,38,39)/b9-8+. The largest absolute Gasteiger partial charge is 0.550 e. The van der Waals surface area contributed by atoms with Crippen molar-refractivity contribution in [3.63, 3.8) is 0 Å². The summed E-state index contributed by atoms with van der Waals surface area (Å²) in [6, 6.07) is 0. The molecular weight excluding hydrogens is 494 g/mol. The Kier molecular flexibility index (Phi) is 25.1. The highest BCUT2D eigenvalue weighted by molar-refractivity contribution is 5.67. The summed E-state index contributed by atoms with van der Waals surface area (Å²) in [4.78, 5) is 33.3. The van der Waals surface area contributed by atoms with Gasteiger partial charge in [-0.05, 0) is 38.5 Å². The predicted octanol–water partition coefficient (Wildman–Crippen LogP) is 6.88. The average molecular weight is 554 g/mol. The van der Waals surface area contributed by atoms with Gasteiger partial charge in [0.05, 0.1) is 39.0 Å². The second kappa shape index (κ2) is 26.3. The molecule has 0 aromatic heterocycles. The van der Waals surface area contributed by atoms with Gasteiger partial charge in [0.15, 0.2) is 0 Å². The highest BCUT2D eigenvalue weighted by Crippen LogP contribution is 2.17. The number of carbonyl (C=O) groups is 3. The van der Waals surface area contributed by atoms with Crippen LogP contribution in [-0.4, -0.2) is 58.8 Å². The topological polar surface area (TPSA) is 115 Å². The molecule has 39 heavy (non-hydrogen) atoms. The summed E-state index contributed by atoms with van der Waals surface area (Å²) in [6.07, 6.45) is 28.2. The summed E-state index contributed by atoms with van der Waals surface area (Å²) < 4.78 is 0.224. The summed E-state index contributed by atoms with van der Waals surface area (Å²) >= 11 is 0. The number of quaternary nitrogens is 1. The van der Waals surface area contributed by atoms with E-state index in [9.17, 15) is 19.5 Å². The van der Waals surface area contributed by atoms with Crippen LogP contribution < -0.4 is 5.11 Å². The molecule has 0 saturated carbocycles. The number of carboxylic acid groups (broad SMARTS) is 3.